The molecule has 0 bridgehead atoms. The lowest BCUT2D eigenvalue weighted by Crippen LogP contribution is -2.47. The Morgan fingerprint density at radius 3 is 2.65 bits per heavy atom. The molecule has 0 saturated carbocycles. The van der Waals surface area contributed by atoms with Crippen molar-refractivity contribution in [2.24, 2.45) is 5.92 Å². The quantitative estimate of drug-likeness (QED) is 0.200. The van der Waals surface area contributed by atoms with Crippen LogP contribution in [0.15, 0.2) is 72.1 Å². The highest BCUT2D eigenvalue weighted by atomic mass is 16.6. The number of carbonyl (C=O) groups is 3. The van der Waals surface area contributed by atoms with Crippen LogP contribution < -0.4 is 5.32 Å². The second-order valence-corrected chi connectivity index (χ2v) is 7.26. The first-order valence-electron chi connectivity index (χ1n) is 10.0. The van der Waals surface area contributed by atoms with Crippen LogP contribution in [0.3, 0.4) is 0 Å². The SMILES string of the molecule is C=CO[C@@]12CCO[C@@H]1[C@H](C(=O)/C(C)=C/C=C/C=C/C(C)=C/C(=C\C)C(=O)OC)C(=O)N2. The van der Waals surface area contributed by atoms with E-state index >= 15 is 0 Å². The molecule has 0 aromatic carbocycles. The van der Waals surface area contributed by atoms with Gasteiger partial charge in [-0.15, -0.1) is 0 Å². The van der Waals surface area contributed by atoms with Crippen molar-refractivity contribution < 1.29 is 28.6 Å². The zero-order valence-electron chi connectivity index (χ0n) is 18.3. The third-order valence-electron chi connectivity index (χ3n) is 5.16. The van der Waals surface area contributed by atoms with Crippen LogP contribution in [0, 0.1) is 5.92 Å². The molecular formula is C24H29NO6. The first-order valence-corrected chi connectivity index (χ1v) is 10.0. The van der Waals surface area contributed by atoms with Gasteiger partial charge in [-0.05, 0) is 32.4 Å². The maximum Gasteiger partial charge on any atom is 0.337 e. The molecular weight excluding hydrogens is 398 g/mol. The van der Waals surface area contributed by atoms with E-state index in [0.29, 0.717) is 24.2 Å². The highest BCUT2D eigenvalue weighted by Crippen LogP contribution is 2.39. The van der Waals surface area contributed by atoms with Crippen LogP contribution in [0.25, 0.3) is 0 Å². The fourth-order valence-electron chi connectivity index (χ4n) is 3.57. The third kappa shape index (κ3) is 5.49. The lowest BCUT2D eigenvalue weighted by molar-refractivity contribution is -0.136. The average Bonchev–Trinajstić information content (AvgIpc) is 3.25. The Kier molecular flexibility index (Phi) is 8.33. The lowest BCUT2D eigenvalue weighted by Gasteiger charge is -2.27. The Morgan fingerprint density at radius 2 is 2.00 bits per heavy atom. The van der Waals surface area contributed by atoms with Crippen LogP contribution in [0.1, 0.15) is 27.2 Å². The molecule has 1 N–H and O–H groups in total. The number of rotatable bonds is 9. The summed E-state index contributed by atoms with van der Waals surface area (Å²) in [5.74, 6) is -2.06. The van der Waals surface area contributed by atoms with Gasteiger partial charge in [0.15, 0.2) is 5.78 Å². The number of esters is 1. The van der Waals surface area contributed by atoms with Gasteiger partial charge in [0.05, 0.1) is 25.6 Å². The summed E-state index contributed by atoms with van der Waals surface area (Å²) in [4.78, 5) is 36.9. The fourth-order valence-corrected chi connectivity index (χ4v) is 3.57. The number of fused-ring (bicyclic) bond motifs is 1. The number of allylic oxidation sites excluding steroid dienone is 8. The zero-order chi connectivity index (χ0) is 23.0. The van der Waals surface area contributed by atoms with Crippen molar-refractivity contribution in [3.63, 3.8) is 0 Å². The van der Waals surface area contributed by atoms with Crippen molar-refractivity contribution in [1.82, 2.24) is 5.32 Å². The van der Waals surface area contributed by atoms with E-state index in [9.17, 15) is 14.4 Å². The number of amides is 1. The average molecular weight is 427 g/mol. The summed E-state index contributed by atoms with van der Waals surface area (Å²) in [6.45, 7) is 9.22. The Labute approximate surface area is 182 Å². The van der Waals surface area contributed by atoms with Crippen molar-refractivity contribution in [3.8, 4) is 0 Å². The van der Waals surface area contributed by atoms with Crippen molar-refractivity contribution in [2.75, 3.05) is 13.7 Å². The fraction of sp³-hybridized carbons (Fsp3) is 0.375. The number of ether oxygens (including phenoxy) is 3. The molecule has 2 saturated heterocycles. The van der Waals surface area contributed by atoms with Gasteiger partial charge in [-0.3, -0.25) is 9.59 Å². The van der Waals surface area contributed by atoms with Crippen LogP contribution in [0.2, 0.25) is 0 Å². The second-order valence-electron chi connectivity index (χ2n) is 7.26. The smallest absolute Gasteiger partial charge is 0.337 e. The molecule has 0 radical (unpaired) electrons. The topological polar surface area (TPSA) is 90.9 Å². The largest absolute Gasteiger partial charge is 0.473 e. The molecule has 0 unspecified atom stereocenters. The molecule has 2 aliphatic heterocycles. The molecule has 2 rings (SSSR count). The number of hydrogen-bond acceptors (Lipinski definition) is 6. The zero-order valence-corrected chi connectivity index (χ0v) is 18.3. The second kappa shape index (κ2) is 10.7. The van der Waals surface area contributed by atoms with E-state index in [2.05, 4.69) is 11.9 Å². The highest BCUT2D eigenvalue weighted by Gasteiger charge is 2.61. The van der Waals surface area contributed by atoms with Gasteiger partial charge < -0.3 is 19.5 Å². The maximum absolute atomic E-state index is 12.9. The van der Waals surface area contributed by atoms with Crippen molar-refractivity contribution in [3.05, 3.63) is 72.1 Å². The van der Waals surface area contributed by atoms with E-state index in [1.165, 1.54) is 13.4 Å². The van der Waals surface area contributed by atoms with E-state index in [1.54, 1.807) is 50.3 Å². The van der Waals surface area contributed by atoms with Crippen LogP contribution in [-0.4, -0.2) is 43.2 Å². The molecule has 2 fully saturated rings. The normalized spacial score (nSPS) is 26.8. The molecule has 7 heteroatoms. The first-order chi connectivity index (χ1) is 14.8. The molecule has 0 aliphatic carbocycles. The highest BCUT2D eigenvalue weighted by molar-refractivity contribution is 6.11. The number of Topliss-reactive ketones (excluding diaryl/α,β-unsaturated/α-hetero) is 1. The summed E-state index contributed by atoms with van der Waals surface area (Å²) in [7, 11) is 1.34. The minimum atomic E-state index is -1.02. The van der Waals surface area contributed by atoms with E-state index in [4.69, 9.17) is 14.2 Å². The van der Waals surface area contributed by atoms with Crippen LogP contribution in [0.4, 0.5) is 0 Å². The minimum Gasteiger partial charge on any atom is -0.473 e. The summed E-state index contributed by atoms with van der Waals surface area (Å²) >= 11 is 0. The summed E-state index contributed by atoms with van der Waals surface area (Å²) in [5, 5.41) is 2.76. The number of carbonyl (C=O) groups excluding carboxylic acids is 3. The standard InChI is InChI=1S/C24H29NO6/c1-6-18(23(28)29-5)15-16(3)11-9-8-10-12-17(4)20(26)19-21-24(31-7-2,13-14-30-21)25-22(19)27/h6-12,15,19,21H,2,13-14H2,1,3-5H3,(H,25,27)/b10-8+,11-9+,16-15+,17-12+,18-6+/t19-,21+,24-/m0/s1. The molecule has 1 amide bonds. The van der Waals surface area contributed by atoms with Crippen molar-refractivity contribution in [1.29, 1.82) is 0 Å². The van der Waals surface area contributed by atoms with E-state index in [0.717, 1.165) is 5.57 Å². The molecule has 0 aromatic rings. The van der Waals surface area contributed by atoms with Crippen LogP contribution in [-0.2, 0) is 28.6 Å². The molecule has 166 valence electrons. The predicted octanol–water partition coefficient (Wildman–Crippen LogP) is 3.07. The maximum atomic E-state index is 12.9. The van der Waals surface area contributed by atoms with Gasteiger partial charge in [-0.2, -0.15) is 0 Å². The number of hydrogen-bond donors (Lipinski definition) is 1. The van der Waals surface area contributed by atoms with Crippen molar-refractivity contribution >= 4 is 17.7 Å². The van der Waals surface area contributed by atoms with Gasteiger partial charge in [0, 0.05) is 6.42 Å². The van der Waals surface area contributed by atoms with E-state index < -0.39 is 29.6 Å². The Hall–Kier alpha value is -3.19. The molecule has 2 aliphatic rings. The van der Waals surface area contributed by atoms with Gasteiger partial charge in [0.1, 0.15) is 12.0 Å². The van der Waals surface area contributed by atoms with Gasteiger partial charge >= 0.3 is 5.97 Å². The van der Waals surface area contributed by atoms with Crippen LogP contribution >= 0.6 is 0 Å². The molecule has 3 atom stereocenters. The molecule has 0 spiro atoms. The summed E-state index contributed by atoms with van der Waals surface area (Å²) < 4.78 is 15.9. The molecule has 31 heavy (non-hydrogen) atoms. The Balaban J connectivity index is 2.03. The Bertz CT molecular complexity index is 892. The Morgan fingerprint density at radius 1 is 1.26 bits per heavy atom. The molecule has 7 nitrogen and oxygen atoms in total. The first kappa shape index (κ1) is 24.1. The minimum absolute atomic E-state index is 0.306. The summed E-state index contributed by atoms with van der Waals surface area (Å²) in [5.41, 5.74) is 0.747. The van der Waals surface area contributed by atoms with Gasteiger partial charge in [0.2, 0.25) is 11.6 Å². The molecule has 0 aromatic heterocycles. The lowest BCUT2D eigenvalue weighted by atomic mass is 9.91. The summed E-state index contributed by atoms with van der Waals surface area (Å²) in [6, 6.07) is 0. The molecule has 2 heterocycles. The summed E-state index contributed by atoms with van der Waals surface area (Å²) in [6.07, 6.45) is 13.2. The third-order valence-corrected chi connectivity index (χ3v) is 5.16. The van der Waals surface area contributed by atoms with Crippen molar-refractivity contribution in [2.45, 2.75) is 39.0 Å². The number of ketones is 1. The number of methoxy groups -OCH3 is 1. The van der Waals surface area contributed by atoms with Gasteiger partial charge in [0.25, 0.3) is 0 Å². The van der Waals surface area contributed by atoms with Gasteiger partial charge in [-0.1, -0.05) is 48.6 Å². The van der Waals surface area contributed by atoms with E-state index in [1.807, 2.05) is 13.0 Å². The van der Waals surface area contributed by atoms with Gasteiger partial charge in [-0.25, -0.2) is 4.79 Å². The number of nitrogens with one attached hydrogen (secondary N) is 1. The monoisotopic (exact) mass is 427 g/mol. The van der Waals surface area contributed by atoms with Crippen LogP contribution in [0.5, 0.6) is 0 Å². The van der Waals surface area contributed by atoms with E-state index in [-0.39, 0.29) is 5.78 Å². The predicted molar refractivity (Wildman–Crippen MR) is 117 cm³/mol.